The van der Waals surface area contributed by atoms with E-state index in [1.54, 1.807) is 0 Å². The molecule has 118 valence electrons. The van der Waals surface area contributed by atoms with E-state index in [-0.39, 0.29) is 24.1 Å². The van der Waals surface area contributed by atoms with E-state index in [1.165, 1.54) is 11.1 Å². The Morgan fingerprint density at radius 3 is 2.39 bits per heavy atom. The van der Waals surface area contributed by atoms with Crippen LogP contribution in [0.2, 0.25) is 0 Å². The van der Waals surface area contributed by atoms with Crippen molar-refractivity contribution in [2.45, 2.75) is 31.5 Å². The zero-order chi connectivity index (χ0) is 15.6. The normalized spacial score (nSPS) is 27.0. The van der Waals surface area contributed by atoms with Gasteiger partial charge in [0.1, 0.15) is 6.23 Å². The van der Waals surface area contributed by atoms with Crippen LogP contribution in [0, 0.1) is 5.92 Å². The summed E-state index contributed by atoms with van der Waals surface area (Å²) < 4.78 is 5.90. The molecule has 3 heteroatoms. The fourth-order valence-corrected chi connectivity index (χ4v) is 3.78. The van der Waals surface area contributed by atoms with Crippen molar-refractivity contribution in [3.63, 3.8) is 0 Å². The van der Waals surface area contributed by atoms with Gasteiger partial charge in [-0.1, -0.05) is 60.7 Å². The molecule has 1 unspecified atom stereocenters. The highest BCUT2D eigenvalue weighted by atomic mass is 16.5. The van der Waals surface area contributed by atoms with Crippen molar-refractivity contribution in [1.29, 1.82) is 0 Å². The first-order chi connectivity index (χ1) is 11.3. The van der Waals surface area contributed by atoms with Crippen LogP contribution in [-0.4, -0.2) is 23.6 Å². The minimum atomic E-state index is -0.0419. The molecule has 2 saturated heterocycles. The number of fused-ring (bicyclic) bond motifs is 1. The van der Waals surface area contributed by atoms with Gasteiger partial charge in [0.2, 0.25) is 5.91 Å². The number of ether oxygens (including phenoxy) is 1. The first-order valence-corrected chi connectivity index (χ1v) is 8.35. The van der Waals surface area contributed by atoms with Crippen molar-refractivity contribution in [3.05, 3.63) is 71.8 Å². The first kappa shape index (κ1) is 14.5. The molecule has 2 aliphatic rings. The molecule has 0 bridgehead atoms. The number of carbonyl (C=O) groups is 1. The molecule has 0 radical (unpaired) electrons. The molecule has 2 fully saturated rings. The lowest BCUT2D eigenvalue weighted by Gasteiger charge is -2.36. The summed E-state index contributed by atoms with van der Waals surface area (Å²) in [4.78, 5) is 15.0. The van der Waals surface area contributed by atoms with E-state index in [0.29, 0.717) is 6.61 Å². The van der Waals surface area contributed by atoms with Gasteiger partial charge in [-0.05, 0) is 30.4 Å². The summed E-state index contributed by atoms with van der Waals surface area (Å²) in [5, 5.41) is 0. The van der Waals surface area contributed by atoms with Gasteiger partial charge in [-0.3, -0.25) is 4.79 Å². The second-order valence-corrected chi connectivity index (χ2v) is 6.42. The molecule has 3 atom stereocenters. The summed E-state index contributed by atoms with van der Waals surface area (Å²) in [6.45, 7) is 0.610. The molecule has 0 N–H and O–H groups in total. The molecule has 4 rings (SSSR count). The van der Waals surface area contributed by atoms with Gasteiger partial charge in [0.25, 0.3) is 0 Å². The van der Waals surface area contributed by atoms with E-state index in [1.807, 2.05) is 41.3 Å². The number of hydrogen-bond donors (Lipinski definition) is 0. The lowest BCUT2D eigenvalue weighted by Crippen LogP contribution is -2.46. The number of piperidine rings is 1. The Hall–Kier alpha value is -2.13. The number of carbonyl (C=O) groups excluding carboxylic acids is 1. The second-order valence-electron chi connectivity index (χ2n) is 6.42. The summed E-state index contributed by atoms with van der Waals surface area (Å²) >= 11 is 0. The average molecular weight is 307 g/mol. The van der Waals surface area contributed by atoms with Crippen LogP contribution in [0.5, 0.6) is 0 Å². The highest BCUT2D eigenvalue weighted by Crippen LogP contribution is 2.38. The zero-order valence-corrected chi connectivity index (χ0v) is 13.1. The molecule has 23 heavy (non-hydrogen) atoms. The Bertz CT molecular complexity index is 671. The minimum Gasteiger partial charge on any atom is -0.356 e. The third-order valence-electron chi connectivity index (χ3n) is 4.97. The Balaban J connectivity index is 1.55. The Kier molecular flexibility index (Phi) is 3.88. The van der Waals surface area contributed by atoms with Gasteiger partial charge in [-0.15, -0.1) is 0 Å². The van der Waals surface area contributed by atoms with Crippen LogP contribution in [0.3, 0.4) is 0 Å². The van der Waals surface area contributed by atoms with Crippen LogP contribution in [0.15, 0.2) is 60.7 Å². The van der Waals surface area contributed by atoms with E-state index in [4.69, 9.17) is 4.74 Å². The highest BCUT2D eigenvalue weighted by molar-refractivity contribution is 5.81. The van der Waals surface area contributed by atoms with Crippen molar-refractivity contribution in [2.75, 3.05) is 6.61 Å². The quantitative estimate of drug-likeness (QED) is 0.867. The number of nitrogens with zero attached hydrogens (tertiary/aromatic N) is 1. The SMILES string of the molecule is O=C1C(Cc2ccccc2)CC[C@@H]2OC[C@@H](c3ccccc3)N12. The molecule has 1 amide bonds. The fourth-order valence-electron chi connectivity index (χ4n) is 3.78. The summed E-state index contributed by atoms with van der Waals surface area (Å²) in [5.74, 6) is 0.318. The number of amides is 1. The fraction of sp³-hybridized carbons (Fsp3) is 0.350. The zero-order valence-electron chi connectivity index (χ0n) is 13.1. The Labute approximate surface area is 136 Å². The van der Waals surface area contributed by atoms with Crippen LogP contribution < -0.4 is 0 Å². The molecule has 2 aromatic rings. The predicted octanol–water partition coefficient (Wildman–Crippen LogP) is 3.57. The monoisotopic (exact) mass is 307 g/mol. The Morgan fingerprint density at radius 2 is 1.65 bits per heavy atom. The van der Waals surface area contributed by atoms with Crippen LogP contribution in [0.4, 0.5) is 0 Å². The van der Waals surface area contributed by atoms with Crippen molar-refractivity contribution < 1.29 is 9.53 Å². The lowest BCUT2D eigenvalue weighted by atomic mass is 9.89. The smallest absolute Gasteiger partial charge is 0.228 e. The molecule has 2 aromatic carbocycles. The van der Waals surface area contributed by atoms with Gasteiger partial charge in [0.05, 0.1) is 12.6 Å². The topological polar surface area (TPSA) is 29.5 Å². The van der Waals surface area contributed by atoms with Crippen LogP contribution in [0.25, 0.3) is 0 Å². The standard InChI is InChI=1S/C20H21NO2/c22-20-17(13-15-7-3-1-4-8-15)11-12-19-21(20)18(14-23-19)16-9-5-2-6-10-16/h1-10,17-19H,11-14H2/t17?,18-,19-/m0/s1. The Morgan fingerprint density at radius 1 is 0.957 bits per heavy atom. The third kappa shape index (κ3) is 2.77. The van der Waals surface area contributed by atoms with E-state index >= 15 is 0 Å². The van der Waals surface area contributed by atoms with Gasteiger partial charge in [-0.2, -0.15) is 0 Å². The van der Waals surface area contributed by atoms with Crippen molar-refractivity contribution in [1.82, 2.24) is 4.90 Å². The van der Waals surface area contributed by atoms with E-state index in [9.17, 15) is 4.79 Å². The summed E-state index contributed by atoms with van der Waals surface area (Å²) in [6, 6.07) is 20.6. The van der Waals surface area contributed by atoms with Gasteiger partial charge in [0.15, 0.2) is 0 Å². The molecule has 0 saturated carbocycles. The number of benzene rings is 2. The van der Waals surface area contributed by atoms with E-state index in [2.05, 4.69) is 24.3 Å². The molecular formula is C20H21NO2. The second kappa shape index (κ2) is 6.17. The van der Waals surface area contributed by atoms with Crippen LogP contribution in [-0.2, 0) is 16.0 Å². The van der Waals surface area contributed by atoms with E-state index < -0.39 is 0 Å². The first-order valence-electron chi connectivity index (χ1n) is 8.35. The van der Waals surface area contributed by atoms with Crippen molar-refractivity contribution in [3.8, 4) is 0 Å². The molecular weight excluding hydrogens is 286 g/mol. The molecule has 0 spiro atoms. The van der Waals surface area contributed by atoms with Gasteiger partial charge in [0, 0.05) is 5.92 Å². The highest BCUT2D eigenvalue weighted by Gasteiger charge is 2.44. The van der Waals surface area contributed by atoms with Crippen molar-refractivity contribution >= 4 is 5.91 Å². The maximum absolute atomic E-state index is 13.0. The third-order valence-corrected chi connectivity index (χ3v) is 4.97. The minimum absolute atomic E-state index is 0.0419. The molecule has 2 heterocycles. The number of hydrogen-bond acceptors (Lipinski definition) is 2. The lowest BCUT2D eigenvalue weighted by molar-refractivity contribution is -0.148. The van der Waals surface area contributed by atoms with E-state index in [0.717, 1.165) is 19.3 Å². The summed E-state index contributed by atoms with van der Waals surface area (Å²) in [6.07, 6.45) is 2.63. The molecule has 3 nitrogen and oxygen atoms in total. The molecule has 0 aromatic heterocycles. The predicted molar refractivity (Wildman–Crippen MR) is 88.6 cm³/mol. The number of rotatable bonds is 3. The molecule has 0 aliphatic carbocycles. The average Bonchev–Trinajstić information content (AvgIpc) is 3.04. The largest absolute Gasteiger partial charge is 0.356 e. The maximum atomic E-state index is 13.0. The maximum Gasteiger partial charge on any atom is 0.228 e. The van der Waals surface area contributed by atoms with Gasteiger partial charge >= 0.3 is 0 Å². The summed E-state index contributed by atoms with van der Waals surface area (Å²) in [5.41, 5.74) is 2.41. The van der Waals surface area contributed by atoms with Gasteiger partial charge < -0.3 is 9.64 Å². The van der Waals surface area contributed by atoms with Crippen LogP contribution in [0.1, 0.15) is 30.0 Å². The molecule has 2 aliphatic heterocycles. The van der Waals surface area contributed by atoms with Crippen LogP contribution >= 0.6 is 0 Å². The van der Waals surface area contributed by atoms with Crippen molar-refractivity contribution in [2.24, 2.45) is 5.92 Å². The van der Waals surface area contributed by atoms with Gasteiger partial charge in [-0.25, -0.2) is 0 Å². The summed E-state index contributed by atoms with van der Waals surface area (Å²) in [7, 11) is 0.